The molecule has 1 aromatic rings. The van der Waals surface area contributed by atoms with E-state index < -0.39 is 10.0 Å². The van der Waals surface area contributed by atoms with Gasteiger partial charge in [-0.1, -0.05) is 17.7 Å². The molecule has 25 heavy (non-hydrogen) atoms. The van der Waals surface area contributed by atoms with Crippen LogP contribution < -0.4 is 10.0 Å². The fourth-order valence-electron chi connectivity index (χ4n) is 2.91. The Morgan fingerprint density at radius 2 is 2.00 bits per heavy atom. The molecule has 0 radical (unpaired) electrons. The van der Waals surface area contributed by atoms with Crippen molar-refractivity contribution in [2.45, 2.75) is 63.8 Å². The molecule has 1 aliphatic carbocycles. The van der Waals surface area contributed by atoms with Crippen molar-refractivity contribution in [3.8, 4) is 0 Å². The Hall–Kier alpha value is -1.66. The second-order valence-electron chi connectivity index (χ2n) is 6.86. The quantitative estimate of drug-likeness (QED) is 0.729. The first kappa shape index (κ1) is 19.7. The molecule has 0 saturated heterocycles. The number of rotatable bonds is 7. The predicted molar refractivity (Wildman–Crippen MR) is 100 cm³/mol. The SMILES string of the molecule is Cc1ccc(S(=O)(=O)NCCC2=CCCCC2)cc1C(=O)NC(C)C. The van der Waals surface area contributed by atoms with Crippen molar-refractivity contribution in [3.63, 3.8) is 0 Å². The van der Waals surface area contributed by atoms with Crippen LogP contribution in [-0.4, -0.2) is 26.9 Å². The third-order valence-electron chi connectivity index (χ3n) is 4.31. The van der Waals surface area contributed by atoms with Gasteiger partial charge in [0.05, 0.1) is 4.90 Å². The number of aryl methyl sites for hydroxylation is 1. The topological polar surface area (TPSA) is 75.3 Å². The van der Waals surface area contributed by atoms with Crippen molar-refractivity contribution < 1.29 is 13.2 Å². The van der Waals surface area contributed by atoms with Gasteiger partial charge in [0.1, 0.15) is 0 Å². The number of carbonyl (C=O) groups is 1. The van der Waals surface area contributed by atoms with Crippen LogP contribution in [0.5, 0.6) is 0 Å². The second-order valence-corrected chi connectivity index (χ2v) is 8.63. The van der Waals surface area contributed by atoms with Crippen molar-refractivity contribution in [3.05, 3.63) is 41.0 Å². The van der Waals surface area contributed by atoms with E-state index >= 15 is 0 Å². The lowest BCUT2D eigenvalue weighted by Gasteiger charge is -2.14. The summed E-state index contributed by atoms with van der Waals surface area (Å²) >= 11 is 0. The van der Waals surface area contributed by atoms with Gasteiger partial charge < -0.3 is 5.32 Å². The Morgan fingerprint density at radius 1 is 1.24 bits per heavy atom. The molecule has 2 rings (SSSR count). The third kappa shape index (κ3) is 5.68. The van der Waals surface area contributed by atoms with Crippen molar-refractivity contribution in [2.24, 2.45) is 0 Å². The summed E-state index contributed by atoms with van der Waals surface area (Å²) in [6, 6.07) is 4.67. The molecule has 138 valence electrons. The van der Waals surface area contributed by atoms with Gasteiger partial charge in [0, 0.05) is 18.2 Å². The van der Waals surface area contributed by atoms with Gasteiger partial charge in [0.15, 0.2) is 0 Å². The van der Waals surface area contributed by atoms with E-state index in [1.807, 2.05) is 13.8 Å². The van der Waals surface area contributed by atoms with Crippen LogP contribution in [0.3, 0.4) is 0 Å². The van der Waals surface area contributed by atoms with Gasteiger partial charge in [-0.05, 0) is 70.6 Å². The summed E-state index contributed by atoms with van der Waals surface area (Å²) < 4.78 is 27.7. The van der Waals surface area contributed by atoms with E-state index in [4.69, 9.17) is 0 Å². The minimum absolute atomic E-state index is 0.00550. The molecule has 0 fully saturated rings. The standard InChI is InChI=1S/C19H28N2O3S/c1-14(2)21-19(22)18-13-17(10-9-15(18)3)25(23,24)20-12-11-16-7-5-4-6-8-16/h7,9-10,13-14,20H,4-6,8,11-12H2,1-3H3,(H,21,22). The summed E-state index contributed by atoms with van der Waals surface area (Å²) in [7, 11) is -3.62. The van der Waals surface area contributed by atoms with Crippen LogP contribution in [0, 0.1) is 6.92 Å². The summed E-state index contributed by atoms with van der Waals surface area (Å²) in [6.07, 6.45) is 7.52. The summed E-state index contributed by atoms with van der Waals surface area (Å²) in [5.41, 5.74) is 2.48. The Balaban J connectivity index is 2.07. The van der Waals surface area contributed by atoms with E-state index in [1.165, 1.54) is 24.5 Å². The first-order chi connectivity index (χ1) is 11.8. The van der Waals surface area contributed by atoms with E-state index in [2.05, 4.69) is 16.1 Å². The molecule has 0 bridgehead atoms. The zero-order valence-corrected chi connectivity index (χ0v) is 16.1. The second kappa shape index (κ2) is 8.63. The number of benzene rings is 1. The van der Waals surface area contributed by atoms with Crippen molar-refractivity contribution in [2.75, 3.05) is 6.54 Å². The number of nitrogens with one attached hydrogen (secondary N) is 2. The van der Waals surface area contributed by atoms with Gasteiger partial charge >= 0.3 is 0 Å². The van der Waals surface area contributed by atoms with Gasteiger partial charge in [0.25, 0.3) is 5.91 Å². The Labute approximate surface area is 151 Å². The average molecular weight is 365 g/mol. The molecular formula is C19H28N2O3S. The maximum Gasteiger partial charge on any atom is 0.251 e. The molecule has 0 atom stereocenters. The smallest absolute Gasteiger partial charge is 0.251 e. The van der Waals surface area contributed by atoms with Crippen LogP contribution in [0.4, 0.5) is 0 Å². The molecule has 1 aliphatic rings. The molecule has 1 amide bonds. The van der Waals surface area contributed by atoms with Crippen LogP contribution in [-0.2, 0) is 10.0 Å². The van der Waals surface area contributed by atoms with Gasteiger partial charge in [-0.2, -0.15) is 0 Å². The zero-order valence-electron chi connectivity index (χ0n) is 15.3. The summed E-state index contributed by atoms with van der Waals surface area (Å²) in [6.45, 7) is 5.93. The Bertz CT molecular complexity index is 752. The highest BCUT2D eigenvalue weighted by Gasteiger charge is 2.18. The van der Waals surface area contributed by atoms with Gasteiger partial charge in [-0.3, -0.25) is 4.79 Å². The van der Waals surface area contributed by atoms with Crippen molar-refractivity contribution in [1.29, 1.82) is 0 Å². The summed E-state index contributed by atoms with van der Waals surface area (Å²) in [5, 5.41) is 2.80. The maximum atomic E-state index is 12.5. The Morgan fingerprint density at radius 3 is 2.64 bits per heavy atom. The number of allylic oxidation sites excluding steroid dienone is 1. The van der Waals surface area contributed by atoms with Crippen molar-refractivity contribution in [1.82, 2.24) is 10.0 Å². The van der Waals surface area contributed by atoms with E-state index in [1.54, 1.807) is 19.1 Å². The molecule has 5 nitrogen and oxygen atoms in total. The third-order valence-corrected chi connectivity index (χ3v) is 5.77. The van der Waals surface area contributed by atoms with Crippen LogP contribution in [0.1, 0.15) is 61.9 Å². The van der Waals surface area contributed by atoms with Crippen LogP contribution in [0.15, 0.2) is 34.7 Å². The van der Waals surface area contributed by atoms with Crippen LogP contribution in [0.2, 0.25) is 0 Å². The molecule has 0 saturated carbocycles. The van der Waals surface area contributed by atoms with Gasteiger partial charge in [-0.15, -0.1) is 0 Å². The minimum Gasteiger partial charge on any atom is -0.350 e. The zero-order chi connectivity index (χ0) is 18.4. The number of hydrogen-bond donors (Lipinski definition) is 2. The molecule has 0 unspecified atom stereocenters. The molecular weight excluding hydrogens is 336 g/mol. The van der Waals surface area contributed by atoms with Gasteiger partial charge in [-0.25, -0.2) is 13.1 Å². The fourth-order valence-corrected chi connectivity index (χ4v) is 3.97. The number of carbonyl (C=O) groups excluding carboxylic acids is 1. The molecule has 1 aromatic carbocycles. The lowest BCUT2D eigenvalue weighted by Crippen LogP contribution is -2.31. The highest BCUT2D eigenvalue weighted by atomic mass is 32.2. The molecule has 0 aliphatic heterocycles. The molecule has 0 spiro atoms. The van der Waals surface area contributed by atoms with Gasteiger partial charge in [0.2, 0.25) is 10.0 Å². The largest absolute Gasteiger partial charge is 0.350 e. The number of hydrogen-bond acceptors (Lipinski definition) is 3. The molecule has 2 N–H and O–H groups in total. The normalized spacial score (nSPS) is 15.1. The lowest BCUT2D eigenvalue weighted by molar-refractivity contribution is 0.0942. The summed E-state index contributed by atoms with van der Waals surface area (Å²) in [4.78, 5) is 12.4. The van der Waals surface area contributed by atoms with E-state index in [0.29, 0.717) is 12.1 Å². The van der Waals surface area contributed by atoms with Crippen LogP contribution >= 0.6 is 0 Å². The monoisotopic (exact) mass is 364 g/mol. The molecule has 0 aromatic heterocycles. The Kier molecular flexibility index (Phi) is 6.79. The highest BCUT2D eigenvalue weighted by Crippen LogP contribution is 2.20. The number of amides is 1. The number of sulfonamides is 1. The minimum atomic E-state index is -3.62. The molecule has 6 heteroatoms. The lowest BCUT2D eigenvalue weighted by atomic mass is 9.97. The van der Waals surface area contributed by atoms with E-state index in [0.717, 1.165) is 24.8 Å². The molecule has 0 heterocycles. The van der Waals surface area contributed by atoms with E-state index in [-0.39, 0.29) is 16.8 Å². The maximum absolute atomic E-state index is 12.5. The fraction of sp³-hybridized carbons (Fsp3) is 0.526. The van der Waals surface area contributed by atoms with Crippen molar-refractivity contribution >= 4 is 15.9 Å². The summed E-state index contributed by atoms with van der Waals surface area (Å²) in [5.74, 6) is -0.253. The highest BCUT2D eigenvalue weighted by molar-refractivity contribution is 7.89. The predicted octanol–water partition coefficient (Wildman–Crippen LogP) is 3.30. The first-order valence-corrected chi connectivity index (χ1v) is 10.4. The van der Waals surface area contributed by atoms with E-state index in [9.17, 15) is 13.2 Å². The average Bonchev–Trinajstić information content (AvgIpc) is 2.55. The first-order valence-electron chi connectivity index (χ1n) is 8.88. The van der Waals surface area contributed by atoms with Crippen LogP contribution in [0.25, 0.3) is 0 Å².